The van der Waals surface area contributed by atoms with Crippen molar-refractivity contribution in [2.24, 2.45) is 0 Å². The summed E-state index contributed by atoms with van der Waals surface area (Å²) in [7, 11) is 0. The summed E-state index contributed by atoms with van der Waals surface area (Å²) in [4.78, 5) is 17.3. The van der Waals surface area contributed by atoms with Crippen LogP contribution in [-0.2, 0) is 12.7 Å². The van der Waals surface area contributed by atoms with E-state index in [4.69, 9.17) is 0 Å². The fourth-order valence-corrected chi connectivity index (χ4v) is 3.07. The van der Waals surface area contributed by atoms with Gasteiger partial charge in [-0.05, 0) is 47.3 Å². The molecule has 0 atom stereocenters. The summed E-state index contributed by atoms with van der Waals surface area (Å²) in [5.41, 5.74) is 1.15. The minimum absolute atomic E-state index is 0.244. The molecule has 0 saturated carbocycles. The number of carbonyl (C=O) groups is 1. The molecule has 8 heteroatoms. The standard InChI is InChI=1S/C18H14F3N3OS/c19-18(20,21)13-5-7-14(8-6-13)24-17(25)23-11-12-3-1-9-22-16(12)15-4-2-10-26-15/h1-10H,11H2,(H2,23,24,25). The maximum absolute atomic E-state index is 12.5. The molecule has 0 aliphatic carbocycles. The van der Waals surface area contributed by atoms with Crippen LogP contribution in [0.1, 0.15) is 11.1 Å². The Morgan fingerprint density at radius 1 is 1.08 bits per heavy atom. The Morgan fingerprint density at radius 3 is 2.50 bits per heavy atom. The fourth-order valence-electron chi connectivity index (χ4n) is 2.31. The number of hydrogen-bond acceptors (Lipinski definition) is 3. The van der Waals surface area contributed by atoms with E-state index in [0.29, 0.717) is 0 Å². The first-order chi connectivity index (χ1) is 12.4. The molecule has 0 bridgehead atoms. The van der Waals surface area contributed by atoms with E-state index in [1.807, 2.05) is 23.6 Å². The molecule has 0 unspecified atom stereocenters. The summed E-state index contributed by atoms with van der Waals surface area (Å²) in [5, 5.41) is 7.14. The lowest BCUT2D eigenvalue weighted by atomic mass is 10.1. The van der Waals surface area contributed by atoms with Crippen molar-refractivity contribution < 1.29 is 18.0 Å². The minimum Gasteiger partial charge on any atom is -0.334 e. The normalized spacial score (nSPS) is 11.2. The van der Waals surface area contributed by atoms with Crippen LogP contribution >= 0.6 is 11.3 Å². The molecule has 1 aromatic carbocycles. The van der Waals surface area contributed by atoms with Gasteiger partial charge in [0.1, 0.15) is 0 Å². The van der Waals surface area contributed by atoms with Gasteiger partial charge < -0.3 is 10.6 Å². The molecular weight excluding hydrogens is 363 g/mol. The van der Waals surface area contributed by atoms with Gasteiger partial charge in [0, 0.05) is 18.4 Å². The number of hydrogen-bond donors (Lipinski definition) is 2. The highest BCUT2D eigenvalue weighted by molar-refractivity contribution is 7.13. The second-order valence-electron chi connectivity index (χ2n) is 5.37. The molecule has 0 saturated heterocycles. The van der Waals surface area contributed by atoms with Crippen molar-refractivity contribution in [3.63, 3.8) is 0 Å². The number of thiophene rings is 1. The molecule has 0 fully saturated rings. The Balaban J connectivity index is 1.62. The summed E-state index contributed by atoms with van der Waals surface area (Å²) in [6.07, 6.45) is -2.72. The third kappa shape index (κ3) is 4.40. The van der Waals surface area contributed by atoms with Gasteiger partial charge in [0.2, 0.25) is 0 Å². The SMILES string of the molecule is O=C(NCc1cccnc1-c1cccs1)Nc1ccc(C(F)(F)F)cc1. The molecule has 2 amide bonds. The Bertz CT molecular complexity index is 877. The number of alkyl halides is 3. The van der Waals surface area contributed by atoms with Gasteiger partial charge in [0.15, 0.2) is 0 Å². The van der Waals surface area contributed by atoms with Gasteiger partial charge in [-0.2, -0.15) is 13.2 Å². The van der Waals surface area contributed by atoms with E-state index in [1.165, 1.54) is 12.1 Å². The molecular formula is C18H14F3N3OS. The van der Waals surface area contributed by atoms with Crippen molar-refractivity contribution in [3.8, 4) is 10.6 Å². The van der Waals surface area contributed by atoms with Crippen molar-refractivity contribution in [1.82, 2.24) is 10.3 Å². The predicted octanol–water partition coefficient (Wildman–Crippen LogP) is 5.15. The fraction of sp³-hybridized carbons (Fsp3) is 0.111. The van der Waals surface area contributed by atoms with Crippen LogP contribution < -0.4 is 10.6 Å². The summed E-state index contributed by atoms with van der Waals surface area (Å²) in [6.45, 7) is 0.244. The van der Waals surface area contributed by atoms with Crippen molar-refractivity contribution in [1.29, 1.82) is 0 Å². The van der Waals surface area contributed by atoms with Gasteiger partial charge in [-0.25, -0.2) is 4.79 Å². The van der Waals surface area contributed by atoms with Crippen LogP contribution in [0.4, 0.5) is 23.7 Å². The summed E-state index contributed by atoms with van der Waals surface area (Å²) < 4.78 is 37.6. The summed E-state index contributed by atoms with van der Waals surface area (Å²) in [6, 6.07) is 11.3. The molecule has 3 rings (SSSR count). The number of aromatic nitrogens is 1. The number of pyridine rings is 1. The van der Waals surface area contributed by atoms with Crippen molar-refractivity contribution >= 4 is 23.1 Å². The summed E-state index contributed by atoms with van der Waals surface area (Å²) >= 11 is 1.55. The molecule has 3 aromatic rings. The van der Waals surface area contributed by atoms with Crippen LogP contribution in [0, 0.1) is 0 Å². The van der Waals surface area contributed by atoms with E-state index >= 15 is 0 Å². The lowest BCUT2D eigenvalue weighted by molar-refractivity contribution is -0.137. The topological polar surface area (TPSA) is 54.0 Å². The van der Waals surface area contributed by atoms with Crippen LogP contribution in [0.15, 0.2) is 60.1 Å². The quantitative estimate of drug-likeness (QED) is 0.661. The highest BCUT2D eigenvalue weighted by Gasteiger charge is 2.29. The molecule has 0 aliphatic heterocycles. The maximum Gasteiger partial charge on any atom is 0.416 e. The van der Waals surface area contributed by atoms with Crippen molar-refractivity contribution in [3.05, 3.63) is 71.2 Å². The lowest BCUT2D eigenvalue weighted by Gasteiger charge is -2.11. The van der Waals surface area contributed by atoms with Crippen LogP contribution in [0.2, 0.25) is 0 Å². The number of anilines is 1. The predicted molar refractivity (Wildman–Crippen MR) is 94.9 cm³/mol. The number of halogens is 3. The first-order valence-electron chi connectivity index (χ1n) is 7.63. The van der Waals surface area contributed by atoms with Gasteiger partial charge >= 0.3 is 12.2 Å². The molecule has 0 radical (unpaired) electrons. The first-order valence-corrected chi connectivity index (χ1v) is 8.51. The average Bonchev–Trinajstić information content (AvgIpc) is 3.14. The van der Waals surface area contributed by atoms with Gasteiger partial charge in [-0.3, -0.25) is 4.98 Å². The number of urea groups is 1. The number of nitrogens with zero attached hydrogens (tertiary/aromatic N) is 1. The van der Waals surface area contributed by atoms with Crippen LogP contribution in [0.25, 0.3) is 10.6 Å². The smallest absolute Gasteiger partial charge is 0.334 e. The van der Waals surface area contributed by atoms with Gasteiger partial charge in [-0.1, -0.05) is 12.1 Å². The Morgan fingerprint density at radius 2 is 1.85 bits per heavy atom. The average molecular weight is 377 g/mol. The third-order valence-electron chi connectivity index (χ3n) is 3.56. The second-order valence-corrected chi connectivity index (χ2v) is 6.32. The molecule has 4 nitrogen and oxygen atoms in total. The van der Waals surface area contributed by atoms with Crippen LogP contribution in [0.5, 0.6) is 0 Å². The monoisotopic (exact) mass is 377 g/mol. The number of nitrogens with one attached hydrogen (secondary N) is 2. The molecule has 0 aliphatic rings. The Hall–Kier alpha value is -2.87. The van der Waals surface area contributed by atoms with E-state index < -0.39 is 17.8 Å². The van der Waals surface area contributed by atoms with E-state index in [0.717, 1.165) is 28.3 Å². The third-order valence-corrected chi connectivity index (χ3v) is 4.43. The van der Waals surface area contributed by atoms with E-state index in [2.05, 4.69) is 15.6 Å². The lowest BCUT2D eigenvalue weighted by Crippen LogP contribution is -2.28. The minimum atomic E-state index is -4.40. The van der Waals surface area contributed by atoms with Gasteiger partial charge in [0.25, 0.3) is 0 Å². The summed E-state index contributed by atoms with van der Waals surface area (Å²) in [5.74, 6) is 0. The molecule has 26 heavy (non-hydrogen) atoms. The van der Waals surface area contributed by atoms with Crippen molar-refractivity contribution in [2.45, 2.75) is 12.7 Å². The molecule has 0 spiro atoms. The number of carbonyl (C=O) groups excluding carboxylic acids is 1. The van der Waals surface area contributed by atoms with E-state index in [1.54, 1.807) is 23.6 Å². The highest BCUT2D eigenvalue weighted by atomic mass is 32.1. The van der Waals surface area contributed by atoms with Crippen LogP contribution in [-0.4, -0.2) is 11.0 Å². The van der Waals surface area contributed by atoms with Crippen molar-refractivity contribution in [2.75, 3.05) is 5.32 Å². The highest BCUT2D eigenvalue weighted by Crippen LogP contribution is 2.30. The zero-order valence-corrected chi connectivity index (χ0v) is 14.2. The van der Waals surface area contributed by atoms with Gasteiger partial charge in [-0.15, -0.1) is 11.3 Å². The Labute approximate surface area is 151 Å². The van der Waals surface area contributed by atoms with Crippen LogP contribution in [0.3, 0.4) is 0 Å². The maximum atomic E-state index is 12.5. The Kier molecular flexibility index (Phi) is 5.22. The zero-order valence-electron chi connectivity index (χ0n) is 13.4. The molecule has 134 valence electrons. The number of benzene rings is 1. The number of rotatable bonds is 4. The zero-order chi connectivity index (χ0) is 18.6. The van der Waals surface area contributed by atoms with Gasteiger partial charge in [0.05, 0.1) is 16.1 Å². The molecule has 2 N–H and O–H groups in total. The number of amides is 2. The second kappa shape index (κ2) is 7.57. The molecule has 2 aromatic heterocycles. The largest absolute Gasteiger partial charge is 0.416 e. The van der Waals surface area contributed by atoms with E-state index in [-0.39, 0.29) is 12.2 Å². The van der Waals surface area contributed by atoms with E-state index in [9.17, 15) is 18.0 Å². The first kappa shape index (κ1) is 17.9. The molecule has 2 heterocycles.